The summed E-state index contributed by atoms with van der Waals surface area (Å²) in [5, 5.41) is 22.1. The lowest BCUT2D eigenvalue weighted by molar-refractivity contribution is -0.387. The van der Waals surface area contributed by atoms with Crippen LogP contribution in [0.15, 0.2) is 32.7 Å². The van der Waals surface area contributed by atoms with Crippen LogP contribution in [0.2, 0.25) is 0 Å². The van der Waals surface area contributed by atoms with Crippen LogP contribution in [0.5, 0.6) is 0 Å². The van der Waals surface area contributed by atoms with Gasteiger partial charge in [0.1, 0.15) is 6.54 Å². The van der Waals surface area contributed by atoms with Gasteiger partial charge in [-0.3, -0.25) is 14.9 Å². The minimum absolute atomic E-state index is 0.0733. The second-order valence-corrected chi connectivity index (χ2v) is 5.59. The van der Waals surface area contributed by atoms with Crippen LogP contribution in [0, 0.1) is 10.1 Å². The first-order valence-electron chi connectivity index (χ1n) is 5.46. The molecule has 0 unspecified atom stereocenters. The Labute approximate surface area is 130 Å². The van der Waals surface area contributed by atoms with E-state index in [1.807, 2.05) is 0 Å². The number of esters is 1. The number of nitro groups is 1. The summed E-state index contributed by atoms with van der Waals surface area (Å²) in [5.41, 5.74) is -0.0733. The van der Waals surface area contributed by atoms with Gasteiger partial charge in [-0.2, -0.15) is 0 Å². The molecule has 21 heavy (non-hydrogen) atoms. The van der Waals surface area contributed by atoms with E-state index in [-0.39, 0.29) is 17.4 Å². The third-order valence-electron chi connectivity index (χ3n) is 2.33. The van der Waals surface area contributed by atoms with Gasteiger partial charge in [-0.15, -0.1) is 5.10 Å². The van der Waals surface area contributed by atoms with Gasteiger partial charge >= 0.3 is 5.97 Å². The van der Waals surface area contributed by atoms with Crippen LogP contribution < -0.4 is 0 Å². The highest BCUT2D eigenvalue weighted by Crippen LogP contribution is 2.35. The van der Waals surface area contributed by atoms with Crippen molar-refractivity contribution < 1.29 is 14.5 Å². The highest BCUT2D eigenvalue weighted by molar-refractivity contribution is 9.10. The molecule has 1 aromatic carbocycles. The quantitative estimate of drug-likeness (QED) is 0.441. The number of hydrogen-bond donors (Lipinski definition) is 0. The highest BCUT2D eigenvalue weighted by atomic mass is 79.9. The zero-order chi connectivity index (χ0) is 15.4. The first kappa shape index (κ1) is 15.4. The number of carbonyl (C=O) groups is 1. The predicted molar refractivity (Wildman–Crippen MR) is 74.8 cm³/mol. The Morgan fingerprint density at radius 2 is 2.33 bits per heavy atom. The number of hydrogen-bond acceptors (Lipinski definition) is 8. The number of nitro benzene ring substituents is 1. The maximum Gasteiger partial charge on any atom is 0.327 e. The summed E-state index contributed by atoms with van der Waals surface area (Å²) in [5.74, 6) is -0.520. The lowest BCUT2D eigenvalue weighted by atomic mass is 10.3. The SMILES string of the molecule is COC(=O)Cn1nnnc1Sc1cc(Br)ccc1[N+](=O)[O-]. The van der Waals surface area contributed by atoms with E-state index in [4.69, 9.17) is 0 Å². The van der Waals surface area contributed by atoms with Crippen molar-refractivity contribution >= 4 is 39.3 Å². The van der Waals surface area contributed by atoms with E-state index in [9.17, 15) is 14.9 Å². The number of benzene rings is 1. The Bertz CT molecular complexity index is 692. The number of tetrazole rings is 1. The number of ether oxygens (including phenoxy) is 1. The van der Waals surface area contributed by atoms with Crippen LogP contribution in [0.3, 0.4) is 0 Å². The molecule has 0 atom stereocenters. The van der Waals surface area contributed by atoms with Gasteiger partial charge in [0.2, 0.25) is 5.16 Å². The molecule has 0 N–H and O–H groups in total. The smallest absolute Gasteiger partial charge is 0.327 e. The lowest BCUT2D eigenvalue weighted by Gasteiger charge is -2.04. The second kappa shape index (κ2) is 6.63. The van der Waals surface area contributed by atoms with E-state index in [1.165, 1.54) is 17.9 Å². The molecule has 9 nitrogen and oxygen atoms in total. The maximum absolute atomic E-state index is 11.2. The fraction of sp³-hybridized carbons (Fsp3) is 0.200. The highest BCUT2D eigenvalue weighted by Gasteiger charge is 2.19. The molecule has 1 heterocycles. The van der Waals surface area contributed by atoms with Crippen LogP contribution in [0.25, 0.3) is 0 Å². The third-order valence-corrected chi connectivity index (χ3v) is 3.84. The molecule has 110 valence electrons. The molecule has 0 fully saturated rings. The van der Waals surface area contributed by atoms with E-state index in [0.717, 1.165) is 11.8 Å². The monoisotopic (exact) mass is 373 g/mol. The van der Waals surface area contributed by atoms with E-state index in [2.05, 4.69) is 36.2 Å². The largest absolute Gasteiger partial charge is 0.468 e. The van der Waals surface area contributed by atoms with Gasteiger partial charge in [0.15, 0.2) is 0 Å². The van der Waals surface area contributed by atoms with Crippen LogP contribution >= 0.6 is 27.7 Å². The predicted octanol–water partition coefficient (Wildman–Crippen LogP) is 1.67. The number of halogens is 1. The van der Waals surface area contributed by atoms with Gasteiger partial charge < -0.3 is 4.74 Å². The van der Waals surface area contributed by atoms with E-state index in [0.29, 0.717) is 9.37 Å². The average Bonchev–Trinajstić information content (AvgIpc) is 2.85. The van der Waals surface area contributed by atoms with E-state index in [1.54, 1.807) is 12.1 Å². The van der Waals surface area contributed by atoms with Crippen molar-refractivity contribution in [1.29, 1.82) is 0 Å². The number of carbonyl (C=O) groups excluding carboxylic acids is 1. The van der Waals surface area contributed by atoms with Crippen molar-refractivity contribution in [2.45, 2.75) is 16.6 Å². The molecule has 1 aromatic heterocycles. The summed E-state index contributed by atoms with van der Waals surface area (Å²) >= 11 is 4.24. The molecule has 0 saturated heterocycles. The summed E-state index contributed by atoms with van der Waals surface area (Å²) < 4.78 is 6.42. The van der Waals surface area contributed by atoms with Crippen LogP contribution in [-0.4, -0.2) is 38.2 Å². The molecule has 0 spiro atoms. The molecule has 0 aliphatic rings. The molecule has 0 aliphatic carbocycles. The summed E-state index contributed by atoms with van der Waals surface area (Å²) in [4.78, 5) is 22.1. The number of aromatic nitrogens is 4. The van der Waals surface area contributed by atoms with Crippen molar-refractivity contribution in [3.63, 3.8) is 0 Å². The first-order valence-corrected chi connectivity index (χ1v) is 7.07. The van der Waals surface area contributed by atoms with Crippen LogP contribution in [-0.2, 0) is 16.1 Å². The zero-order valence-electron chi connectivity index (χ0n) is 10.6. The molecule has 0 amide bonds. The molecule has 0 saturated carbocycles. The topological polar surface area (TPSA) is 113 Å². The Hall–Kier alpha value is -2.01. The molecule has 11 heteroatoms. The van der Waals surface area contributed by atoms with Gasteiger partial charge in [0, 0.05) is 10.5 Å². The van der Waals surface area contributed by atoms with Gasteiger partial charge in [0.05, 0.1) is 16.9 Å². The minimum atomic E-state index is -0.520. The summed E-state index contributed by atoms with van der Waals surface area (Å²) in [6.45, 7) is -0.173. The molecule has 2 rings (SSSR count). The first-order chi connectivity index (χ1) is 10.0. The average molecular weight is 374 g/mol. The van der Waals surface area contributed by atoms with Crippen molar-refractivity contribution in [2.24, 2.45) is 0 Å². The summed E-state index contributed by atoms with van der Waals surface area (Å²) in [7, 11) is 1.25. The van der Waals surface area contributed by atoms with Gasteiger partial charge in [0.25, 0.3) is 5.69 Å². The second-order valence-electron chi connectivity index (χ2n) is 3.67. The Morgan fingerprint density at radius 1 is 1.57 bits per heavy atom. The molecule has 0 radical (unpaired) electrons. The minimum Gasteiger partial charge on any atom is -0.468 e. The van der Waals surface area contributed by atoms with Crippen molar-refractivity contribution in [2.75, 3.05) is 7.11 Å². The van der Waals surface area contributed by atoms with Crippen LogP contribution in [0.4, 0.5) is 5.69 Å². The maximum atomic E-state index is 11.2. The number of methoxy groups -OCH3 is 1. The normalized spacial score (nSPS) is 10.4. The Kier molecular flexibility index (Phi) is 4.85. The standard InChI is InChI=1S/C10H8BrN5O4S/c1-20-9(17)5-15-10(12-13-14-15)21-8-4-6(11)2-3-7(8)16(18)19/h2-4H,5H2,1H3. The summed E-state index contributed by atoms with van der Waals surface area (Å²) in [6.07, 6.45) is 0. The van der Waals surface area contributed by atoms with E-state index >= 15 is 0 Å². The molecule has 2 aromatic rings. The zero-order valence-corrected chi connectivity index (χ0v) is 13.0. The number of nitrogens with zero attached hydrogens (tertiary/aromatic N) is 5. The fourth-order valence-electron chi connectivity index (χ4n) is 1.37. The molecule has 0 aliphatic heterocycles. The van der Waals surface area contributed by atoms with E-state index < -0.39 is 10.9 Å². The molecular weight excluding hydrogens is 366 g/mol. The summed E-state index contributed by atoms with van der Waals surface area (Å²) in [6, 6.07) is 4.53. The van der Waals surface area contributed by atoms with Gasteiger partial charge in [-0.05, 0) is 34.3 Å². The van der Waals surface area contributed by atoms with Gasteiger partial charge in [-0.1, -0.05) is 15.9 Å². The Morgan fingerprint density at radius 3 is 3.00 bits per heavy atom. The van der Waals surface area contributed by atoms with Crippen LogP contribution in [0.1, 0.15) is 0 Å². The van der Waals surface area contributed by atoms with Crippen molar-refractivity contribution in [3.05, 3.63) is 32.8 Å². The van der Waals surface area contributed by atoms with Gasteiger partial charge in [-0.25, -0.2) is 4.68 Å². The fourth-order valence-corrected chi connectivity index (χ4v) is 2.80. The molecular formula is C10H8BrN5O4S. The lowest BCUT2D eigenvalue weighted by Crippen LogP contribution is -2.13. The van der Waals surface area contributed by atoms with Crippen molar-refractivity contribution in [3.8, 4) is 0 Å². The third kappa shape index (κ3) is 3.76. The molecule has 0 bridgehead atoms. The number of rotatable bonds is 5. The van der Waals surface area contributed by atoms with Crippen molar-refractivity contribution in [1.82, 2.24) is 20.2 Å². The Balaban J connectivity index is 2.30.